The highest BCUT2D eigenvalue weighted by Gasteiger charge is 2.38. The Bertz CT molecular complexity index is 717. The van der Waals surface area contributed by atoms with Crippen molar-refractivity contribution in [1.29, 1.82) is 0 Å². The Morgan fingerprint density at radius 3 is 2.36 bits per heavy atom. The zero-order chi connectivity index (χ0) is 18.0. The van der Waals surface area contributed by atoms with E-state index in [-0.39, 0.29) is 11.5 Å². The summed E-state index contributed by atoms with van der Waals surface area (Å²) in [4.78, 5) is 37.1. The van der Waals surface area contributed by atoms with Gasteiger partial charge in [-0.25, -0.2) is 9.59 Å². The van der Waals surface area contributed by atoms with Gasteiger partial charge >= 0.3 is 11.9 Å². The van der Waals surface area contributed by atoms with E-state index in [2.05, 4.69) is 10.6 Å². The number of carbonyl (C=O) groups is 3. The predicted octanol–water partition coefficient (Wildman–Crippen LogP) is 0.755. The number of hydrogen-bond donors (Lipinski definition) is 2. The van der Waals surface area contributed by atoms with E-state index in [1.54, 1.807) is 12.1 Å². The first kappa shape index (κ1) is 16.8. The molecule has 0 aromatic heterocycles. The van der Waals surface area contributed by atoms with E-state index in [1.165, 1.54) is 20.0 Å². The standard InChI is InChI=1S/C17H19N3O5/c1-17(2)24-15(22)13(16(23)25-17)9-19-11-3-5-12(6-4-11)20-8-7-18-14(21)10-20/h3-6,9,19H,7-8,10H2,1-2H3,(H,18,21). The van der Waals surface area contributed by atoms with Gasteiger partial charge in [0.05, 0.1) is 6.54 Å². The first-order valence-corrected chi connectivity index (χ1v) is 7.89. The number of amides is 1. The van der Waals surface area contributed by atoms with Crippen LogP contribution in [-0.2, 0) is 23.9 Å². The first-order chi connectivity index (χ1) is 11.8. The summed E-state index contributed by atoms with van der Waals surface area (Å²) in [5, 5.41) is 5.66. The van der Waals surface area contributed by atoms with Crippen molar-refractivity contribution in [2.45, 2.75) is 19.6 Å². The molecule has 2 aliphatic heterocycles. The molecule has 0 spiro atoms. The average molecular weight is 345 g/mol. The Morgan fingerprint density at radius 1 is 1.12 bits per heavy atom. The van der Waals surface area contributed by atoms with Crippen LogP contribution < -0.4 is 15.5 Å². The third-order valence-electron chi connectivity index (χ3n) is 3.77. The highest BCUT2D eigenvalue weighted by atomic mass is 16.7. The Morgan fingerprint density at radius 2 is 1.76 bits per heavy atom. The molecular weight excluding hydrogens is 326 g/mol. The minimum absolute atomic E-state index is 0.00423. The van der Waals surface area contributed by atoms with Gasteiger partial charge in [0, 0.05) is 44.5 Å². The van der Waals surface area contributed by atoms with E-state index in [9.17, 15) is 14.4 Å². The van der Waals surface area contributed by atoms with Crippen molar-refractivity contribution in [3.8, 4) is 0 Å². The van der Waals surface area contributed by atoms with Crippen molar-refractivity contribution >= 4 is 29.2 Å². The minimum Gasteiger partial charge on any atom is -0.419 e. The van der Waals surface area contributed by atoms with Crippen molar-refractivity contribution in [1.82, 2.24) is 5.32 Å². The highest BCUT2D eigenvalue weighted by Crippen LogP contribution is 2.23. The number of cyclic esters (lactones) is 2. The van der Waals surface area contributed by atoms with Gasteiger partial charge in [-0.15, -0.1) is 0 Å². The van der Waals surface area contributed by atoms with Gasteiger partial charge < -0.3 is 25.0 Å². The summed E-state index contributed by atoms with van der Waals surface area (Å²) in [6.07, 6.45) is 1.27. The molecule has 1 amide bonds. The number of piperazine rings is 1. The molecule has 2 saturated heterocycles. The molecule has 2 heterocycles. The second-order valence-electron chi connectivity index (χ2n) is 6.20. The van der Waals surface area contributed by atoms with Crippen LogP contribution in [0.4, 0.5) is 11.4 Å². The van der Waals surface area contributed by atoms with Gasteiger partial charge in [0.1, 0.15) is 0 Å². The monoisotopic (exact) mass is 345 g/mol. The molecule has 2 aliphatic rings. The van der Waals surface area contributed by atoms with E-state index < -0.39 is 17.7 Å². The van der Waals surface area contributed by atoms with Crippen molar-refractivity contribution in [2.75, 3.05) is 29.9 Å². The van der Waals surface area contributed by atoms with Gasteiger partial charge in [-0.2, -0.15) is 0 Å². The molecule has 132 valence electrons. The van der Waals surface area contributed by atoms with E-state index in [0.29, 0.717) is 18.8 Å². The molecule has 0 unspecified atom stereocenters. The maximum absolute atomic E-state index is 11.9. The zero-order valence-electron chi connectivity index (χ0n) is 14.0. The Hall–Kier alpha value is -3.03. The van der Waals surface area contributed by atoms with Gasteiger partial charge in [-0.05, 0) is 24.3 Å². The number of nitrogens with one attached hydrogen (secondary N) is 2. The van der Waals surface area contributed by atoms with Crippen LogP contribution in [0.1, 0.15) is 13.8 Å². The molecule has 0 atom stereocenters. The molecule has 0 saturated carbocycles. The molecule has 8 heteroatoms. The number of anilines is 2. The van der Waals surface area contributed by atoms with E-state index in [0.717, 1.165) is 12.2 Å². The van der Waals surface area contributed by atoms with Crippen LogP contribution in [-0.4, -0.2) is 43.3 Å². The molecule has 8 nitrogen and oxygen atoms in total. The molecule has 1 aromatic rings. The summed E-state index contributed by atoms with van der Waals surface area (Å²) in [5.74, 6) is -2.72. The van der Waals surface area contributed by atoms with Gasteiger partial charge in [-0.1, -0.05) is 0 Å². The van der Waals surface area contributed by atoms with Gasteiger partial charge in [0.15, 0.2) is 5.57 Å². The molecule has 0 aliphatic carbocycles. The molecule has 2 N–H and O–H groups in total. The largest absolute Gasteiger partial charge is 0.419 e. The smallest absolute Gasteiger partial charge is 0.350 e. The minimum atomic E-state index is -1.26. The Balaban J connectivity index is 1.66. The number of hydrogen-bond acceptors (Lipinski definition) is 7. The van der Waals surface area contributed by atoms with E-state index in [4.69, 9.17) is 9.47 Å². The average Bonchev–Trinajstić information content (AvgIpc) is 2.53. The quantitative estimate of drug-likeness (QED) is 0.474. The first-order valence-electron chi connectivity index (χ1n) is 7.89. The van der Waals surface area contributed by atoms with Crippen LogP contribution in [0.2, 0.25) is 0 Å². The van der Waals surface area contributed by atoms with Crippen LogP contribution in [0, 0.1) is 0 Å². The lowest BCUT2D eigenvalue weighted by Crippen LogP contribution is -2.47. The fourth-order valence-electron chi connectivity index (χ4n) is 2.56. The zero-order valence-corrected chi connectivity index (χ0v) is 14.0. The maximum atomic E-state index is 11.9. The number of ether oxygens (including phenoxy) is 2. The van der Waals surface area contributed by atoms with Gasteiger partial charge in [0.25, 0.3) is 5.79 Å². The van der Waals surface area contributed by atoms with Crippen molar-refractivity contribution in [3.63, 3.8) is 0 Å². The second kappa shape index (κ2) is 6.46. The number of benzene rings is 1. The van der Waals surface area contributed by atoms with Crippen molar-refractivity contribution < 1.29 is 23.9 Å². The Kier molecular flexibility index (Phi) is 4.35. The van der Waals surface area contributed by atoms with Gasteiger partial charge in [-0.3, -0.25) is 4.79 Å². The summed E-state index contributed by atoms with van der Waals surface area (Å²) in [7, 11) is 0. The maximum Gasteiger partial charge on any atom is 0.350 e. The van der Waals surface area contributed by atoms with Crippen LogP contribution >= 0.6 is 0 Å². The molecular formula is C17H19N3O5. The predicted molar refractivity (Wildman–Crippen MR) is 89.6 cm³/mol. The Labute approximate surface area is 144 Å². The molecule has 3 rings (SSSR count). The van der Waals surface area contributed by atoms with Crippen LogP contribution in [0.15, 0.2) is 36.0 Å². The fourth-order valence-corrected chi connectivity index (χ4v) is 2.56. The van der Waals surface area contributed by atoms with Crippen LogP contribution in [0.25, 0.3) is 0 Å². The van der Waals surface area contributed by atoms with Crippen LogP contribution in [0.3, 0.4) is 0 Å². The second-order valence-corrected chi connectivity index (χ2v) is 6.20. The summed E-state index contributed by atoms with van der Waals surface area (Å²) in [6.45, 7) is 4.67. The molecule has 25 heavy (non-hydrogen) atoms. The third-order valence-corrected chi connectivity index (χ3v) is 3.77. The highest BCUT2D eigenvalue weighted by molar-refractivity contribution is 6.15. The third kappa shape index (κ3) is 3.90. The molecule has 2 fully saturated rings. The topological polar surface area (TPSA) is 97.0 Å². The lowest BCUT2D eigenvalue weighted by molar-refractivity contribution is -0.222. The SMILES string of the molecule is CC1(C)OC(=O)C(=CNc2ccc(N3CCNC(=O)C3)cc2)C(=O)O1. The summed E-state index contributed by atoms with van der Waals surface area (Å²) < 4.78 is 10.0. The summed E-state index contributed by atoms with van der Waals surface area (Å²) in [5.41, 5.74) is 1.41. The van der Waals surface area contributed by atoms with Crippen LogP contribution in [0.5, 0.6) is 0 Å². The number of nitrogens with zero attached hydrogens (tertiary/aromatic N) is 1. The number of carbonyl (C=O) groups excluding carboxylic acids is 3. The number of rotatable bonds is 3. The summed E-state index contributed by atoms with van der Waals surface area (Å²) in [6, 6.07) is 7.31. The normalized spacial score (nSPS) is 19.7. The fraction of sp³-hybridized carbons (Fsp3) is 0.353. The lowest BCUT2D eigenvalue weighted by atomic mass is 10.2. The molecule has 1 aromatic carbocycles. The summed E-state index contributed by atoms with van der Waals surface area (Å²) >= 11 is 0. The molecule has 0 radical (unpaired) electrons. The van der Waals surface area contributed by atoms with Crippen molar-refractivity contribution in [2.24, 2.45) is 0 Å². The van der Waals surface area contributed by atoms with Crippen molar-refractivity contribution in [3.05, 3.63) is 36.0 Å². The van der Waals surface area contributed by atoms with E-state index >= 15 is 0 Å². The lowest BCUT2D eigenvalue weighted by Gasteiger charge is -2.29. The molecule has 0 bridgehead atoms. The van der Waals surface area contributed by atoms with Gasteiger partial charge in [0.2, 0.25) is 5.91 Å². The van der Waals surface area contributed by atoms with E-state index in [1.807, 2.05) is 17.0 Å². The number of esters is 2.